The number of oxime groups is 1. The lowest BCUT2D eigenvalue weighted by atomic mass is 10.0. The highest BCUT2D eigenvalue weighted by atomic mass is 35.5. The molecule has 1 fully saturated rings. The smallest absolute Gasteiger partial charge is 0.477 e. The number of fused-ring (bicyclic) bond motifs is 1. The van der Waals surface area contributed by atoms with Crippen LogP contribution in [-0.4, -0.2) is 89.8 Å². The molecule has 0 aliphatic carbocycles. The van der Waals surface area contributed by atoms with E-state index in [1.54, 1.807) is 0 Å². The number of anilines is 1. The number of alkyl halides is 4. The van der Waals surface area contributed by atoms with Crippen LogP contribution in [0.4, 0.5) is 18.3 Å². The molecule has 19 heteroatoms. The number of β-lactam (4-membered cyclic amide) rings is 1. The maximum absolute atomic E-state index is 12.7. The van der Waals surface area contributed by atoms with Crippen molar-refractivity contribution in [2.75, 3.05) is 24.0 Å². The van der Waals surface area contributed by atoms with Gasteiger partial charge in [0, 0.05) is 23.2 Å². The molecule has 13 nitrogen and oxygen atoms in total. The lowest BCUT2D eigenvalue weighted by Gasteiger charge is -2.49. The van der Waals surface area contributed by atoms with Crippen molar-refractivity contribution >= 4 is 69.5 Å². The number of carbonyl (C=O) groups is 4. The van der Waals surface area contributed by atoms with Crippen LogP contribution in [0.2, 0.25) is 0 Å². The number of carboxylic acid groups (broad SMARTS) is 2. The summed E-state index contributed by atoms with van der Waals surface area (Å²) in [5.41, 5.74) is 5.60. The van der Waals surface area contributed by atoms with Crippen molar-refractivity contribution in [2.24, 2.45) is 5.16 Å². The Morgan fingerprint density at radius 2 is 2.03 bits per heavy atom. The van der Waals surface area contributed by atoms with Crippen LogP contribution in [0.15, 0.2) is 29.1 Å². The van der Waals surface area contributed by atoms with Crippen LogP contribution < -0.4 is 11.1 Å². The number of carbonyl (C=O) groups excluding carboxylic acids is 2. The van der Waals surface area contributed by atoms with Crippen molar-refractivity contribution in [1.82, 2.24) is 19.6 Å². The maximum atomic E-state index is 12.7. The highest BCUT2D eigenvalue weighted by Crippen LogP contribution is 2.40. The summed E-state index contributed by atoms with van der Waals surface area (Å²) in [6.45, 7) is 3.52. The van der Waals surface area contributed by atoms with Gasteiger partial charge in [-0.3, -0.25) is 14.5 Å². The van der Waals surface area contributed by atoms with Gasteiger partial charge in [0.2, 0.25) is 11.5 Å². The Labute approximate surface area is 213 Å². The standard InChI is InChI=1S/C15H15ClN6O5S2.C2HF3O2/c1-2-3-27-20-7(10-19-15(17)29-21-10)11(23)18-8-12(24)22-9(14(25)26)6(4-16)5-28-13(8)22;3-2(4,5)1(6)7/h2,8,13H,1,3-5H2,(H,18,23)(H,25,26)(H2,17,19,21);(H,6,7)/t8-,13+;/m1./s1. The highest BCUT2D eigenvalue weighted by molar-refractivity contribution is 8.00. The molecule has 0 spiro atoms. The highest BCUT2D eigenvalue weighted by Gasteiger charge is 2.54. The number of hydrogen-bond donors (Lipinski definition) is 4. The molecule has 3 heterocycles. The zero-order valence-corrected chi connectivity index (χ0v) is 20.1. The van der Waals surface area contributed by atoms with E-state index in [2.05, 4.69) is 26.4 Å². The summed E-state index contributed by atoms with van der Waals surface area (Å²) >= 11 is 7.97. The minimum Gasteiger partial charge on any atom is -0.477 e. The van der Waals surface area contributed by atoms with Crippen molar-refractivity contribution in [3.05, 3.63) is 29.7 Å². The number of amides is 2. The van der Waals surface area contributed by atoms with Crippen LogP contribution >= 0.6 is 34.9 Å². The van der Waals surface area contributed by atoms with Crippen molar-refractivity contribution in [1.29, 1.82) is 0 Å². The number of halogens is 4. The first-order chi connectivity index (χ1) is 16.8. The Bertz CT molecular complexity index is 1130. The molecule has 0 aromatic carbocycles. The Balaban J connectivity index is 0.000000572. The van der Waals surface area contributed by atoms with Crippen LogP contribution in [0.3, 0.4) is 0 Å². The predicted molar refractivity (Wildman–Crippen MR) is 121 cm³/mol. The molecule has 1 saturated heterocycles. The summed E-state index contributed by atoms with van der Waals surface area (Å²) in [6, 6.07) is -0.945. The molecule has 3 rings (SSSR count). The first-order valence-corrected chi connectivity index (χ1v) is 11.7. The summed E-state index contributed by atoms with van der Waals surface area (Å²) < 4.78 is 35.7. The van der Waals surface area contributed by atoms with Gasteiger partial charge in [-0.2, -0.15) is 22.5 Å². The molecule has 2 amide bonds. The van der Waals surface area contributed by atoms with Crippen LogP contribution in [0.1, 0.15) is 5.82 Å². The minimum atomic E-state index is -5.08. The molecule has 5 N–H and O–H groups in total. The van der Waals surface area contributed by atoms with Gasteiger partial charge in [-0.15, -0.1) is 23.4 Å². The maximum Gasteiger partial charge on any atom is 0.490 e. The Hall–Kier alpha value is -3.38. The van der Waals surface area contributed by atoms with Crippen molar-refractivity contribution < 1.29 is 47.4 Å². The average Bonchev–Trinajstić information content (AvgIpc) is 3.24. The Morgan fingerprint density at radius 1 is 1.39 bits per heavy atom. The quantitative estimate of drug-likeness (QED) is 0.0851. The molecule has 1 aromatic rings. The third-order valence-electron chi connectivity index (χ3n) is 4.16. The fourth-order valence-corrected chi connectivity index (χ4v) is 4.78. The van der Waals surface area contributed by atoms with E-state index >= 15 is 0 Å². The van der Waals surface area contributed by atoms with E-state index in [1.807, 2.05) is 0 Å². The third kappa shape index (κ3) is 6.64. The van der Waals surface area contributed by atoms with E-state index in [9.17, 15) is 32.7 Å². The molecular weight excluding hydrogens is 557 g/mol. The number of hydrogen-bond acceptors (Lipinski definition) is 11. The van der Waals surface area contributed by atoms with Gasteiger partial charge in [-0.05, 0) is 5.57 Å². The number of thioether (sulfide) groups is 1. The van der Waals surface area contributed by atoms with Crippen LogP contribution in [0.25, 0.3) is 0 Å². The molecule has 2 aliphatic heterocycles. The molecule has 36 heavy (non-hydrogen) atoms. The SMILES string of the molecule is C=CCON=C(C(=O)N[C@@H]1C(=O)N2C(C(=O)O)=C(CCl)CS[C@@H]12)c1nsc(N)n1.O=C(O)C(F)(F)F. The molecule has 0 bridgehead atoms. The number of aromatic nitrogens is 2. The van der Waals surface area contributed by atoms with Gasteiger partial charge in [0.1, 0.15) is 23.7 Å². The second kappa shape index (κ2) is 12.0. The summed E-state index contributed by atoms with van der Waals surface area (Å²) in [4.78, 5) is 55.7. The first kappa shape index (κ1) is 28.9. The number of nitrogens with one attached hydrogen (secondary N) is 1. The fourth-order valence-electron chi connectivity index (χ4n) is 2.67. The molecule has 2 aliphatic rings. The number of nitrogen functional groups attached to an aromatic ring is 1. The molecule has 196 valence electrons. The van der Waals surface area contributed by atoms with E-state index in [0.717, 1.165) is 16.4 Å². The van der Waals surface area contributed by atoms with E-state index in [4.69, 9.17) is 32.1 Å². The summed E-state index contributed by atoms with van der Waals surface area (Å²) in [7, 11) is 0. The van der Waals surface area contributed by atoms with Gasteiger partial charge in [0.05, 0.1) is 0 Å². The second-order valence-electron chi connectivity index (χ2n) is 6.54. The monoisotopic (exact) mass is 572 g/mol. The average molecular weight is 573 g/mol. The zero-order valence-electron chi connectivity index (χ0n) is 17.7. The zero-order chi connectivity index (χ0) is 27.2. The van der Waals surface area contributed by atoms with E-state index in [0.29, 0.717) is 11.3 Å². The van der Waals surface area contributed by atoms with Crippen molar-refractivity contribution in [3.8, 4) is 0 Å². The summed E-state index contributed by atoms with van der Waals surface area (Å²) in [6.07, 6.45) is -3.65. The number of nitrogens with zero attached hydrogens (tertiary/aromatic N) is 4. The molecule has 0 radical (unpaired) electrons. The summed E-state index contributed by atoms with van der Waals surface area (Å²) in [5.74, 6) is -5.04. The Morgan fingerprint density at radius 3 is 2.50 bits per heavy atom. The number of nitrogens with two attached hydrogens (primary N) is 1. The van der Waals surface area contributed by atoms with E-state index in [-0.39, 0.29) is 34.9 Å². The number of carboxylic acids is 2. The number of rotatable bonds is 8. The molecular formula is C17H16ClF3N6O7S2. The lowest BCUT2D eigenvalue weighted by molar-refractivity contribution is -0.192. The normalized spacial score (nSPS) is 19.4. The second-order valence-corrected chi connectivity index (χ2v) is 8.69. The molecule has 0 saturated carbocycles. The summed E-state index contributed by atoms with van der Waals surface area (Å²) in [5, 5.41) is 22.4. The molecule has 0 unspecified atom stereocenters. The largest absolute Gasteiger partial charge is 0.490 e. The van der Waals surface area contributed by atoms with Gasteiger partial charge in [0.15, 0.2) is 5.13 Å². The van der Waals surface area contributed by atoms with Gasteiger partial charge in [0.25, 0.3) is 11.8 Å². The van der Waals surface area contributed by atoms with Gasteiger partial charge in [-0.1, -0.05) is 17.8 Å². The first-order valence-electron chi connectivity index (χ1n) is 9.30. The van der Waals surface area contributed by atoms with E-state index in [1.165, 1.54) is 17.8 Å². The van der Waals surface area contributed by atoms with Crippen LogP contribution in [0, 0.1) is 0 Å². The fraction of sp³-hybridized carbons (Fsp3) is 0.353. The van der Waals surface area contributed by atoms with Crippen molar-refractivity contribution in [3.63, 3.8) is 0 Å². The lowest BCUT2D eigenvalue weighted by Crippen LogP contribution is -2.71. The topological polar surface area (TPSA) is 197 Å². The van der Waals surface area contributed by atoms with Gasteiger partial charge >= 0.3 is 18.1 Å². The van der Waals surface area contributed by atoms with Gasteiger partial charge in [-0.25, -0.2) is 9.59 Å². The third-order valence-corrected chi connectivity index (χ3v) is 6.36. The number of aliphatic carboxylic acids is 2. The van der Waals surface area contributed by atoms with Gasteiger partial charge < -0.3 is 26.1 Å². The van der Waals surface area contributed by atoms with E-state index < -0.39 is 41.3 Å². The van der Waals surface area contributed by atoms with Crippen LogP contribution in [0.5, 0.6) is 0 Å². The minimum absolute atomic E-state index is 0.00345. The predicted octanol–water partition coefficient (Wildman–Crippen LogP) is 0.638. The van der Waals surface area contributed by atoms with Crippen molar-refractivity contribution in [2.45, 2.75) is 17.6 Å². The Kier molecular flexibility index (Phi) is 9.65. The molecule has 1 aromatic heterocycles. The van der Waals surface area contributed by atoms with Crippen LogP contribution in [-0.2, 0) is 24.0 Å². The molecule has 2 atom stereocenters.